The molecule has 2 aliphatic rings. The molecule has 8 heteroatoms. The molecule has 1 fully saturated rings. The predicted octanol–water partition coefficient (Wildman–Crippen LogP) is 2.73. The largest absolute Gasteiger partial charge is 0.486 e. The fourth-order valence-electron chi connectivity index (χ4n) is 3.20. The Morgan fingerprint density at radius 2 is 1.74 bits per heavy atom. The van der Waals surface area contributed by atoms with Gasteiger partial charge in [0.2, 0.25) is 11.8 Å². The van der Waals surface area contributed by atoms with Crippen molar-refractivity contribution in [2.45, 2.75) is 6.42 Å². The van der Waals surface area contributed by atoms with Gasteiger partial charge in [0, 0.05) is 36.5 Å². The zero-order valence-corrected chi connectivity index (χ0v) is 14.2. The first kappa shape index (κ1) is 17.3. The van der Waals surface area contributed by atoms with Gasteiger partial charge in [0.1, 0.15) is 24.8 Å². The molecule has 2 aromatic carbocycles. The molecule has 0 aromatic heterocycles. The predicted molar refractivity (Wildman–Crippen MR) is 92.9 cm³/mol. The first-order valence-electron chi connectivity index (χ1n) is 8.46. The Bertz CT molecular complexity index is 898. The van der Waals surface area contributed by atoms with Crippen LogP contribution in [-0.2, 0) is 9.59 Å². The maximum atomic E-state index is 13.3. The van der Waals surface area contributed by atoms with Gasteiger partial charge in [-0.25, -0.2) is 8.78 Å². The van der Waals surface area contributed by atoms with Gasteiger partial charge in [-0.1, -0.05) is 0 Å². The highest BCUT2D eigenvalue weighted by atomic mass is 19.1. The molecule has 6 nitrogen and oxygen atoms in total. The third kappa shape index (κ3) is 3.55. The molecule has 2 aromatic rings. The summed E-state index contributed by atoms with van der Waals surface area (Å²) in [5, 5.41) is 2.47. The number of amides is 2. The number of benzene rings is 2. The van der Waals surface area contributed by atoms with Crippen molar-refractivity contribution in [2.24, 2.45) is 5.92 Å². The molecule has 2 amide bonds. The van der Waals surface area contributed by atoms with Crippen molar-refractivity contribution in [3.8, 4) is 11.5 Å². The zero-order valence-electron chi connectivity index (χ0n) is 14.2. The maximum absolute atomic E-state index is 13.3. The summed E-state index contributed by atoms with van der Waals surface area (Å²) >= 11 is 0. The number of hydrogen-bond acceptors (Lipinski definition) is 4. The van der Waals surface area contributed by atoms with E-state index in [0.29, 0.717) is 30.4 Å². The summed E-state index contributed by atoms with van der Waals surface area (Å²) < 4.78 is 37.5. The Balaban J connectivity index is 1.48. The molecule has 0 aliphatic carbocycles. The van der Waals surface area contributed by atoms with E-state index in [1.54, 1.807) is 18.2 Å². The minimum Gasteiger partial charge on any atom is -0.486 e. The van der Waals surface area contributed by atoms with Crippen molar-refractivity contribution >= 4 is 23.2 Å². The number of nitrogens with zero attached hydrogens (tertiary/aromatic N) is 1. The molecule has 1 unspecified atom stereocenters. The second kappa shape index (κ2) is 6.86. The quantitative estimate of drug-likeness (QED) is 0.897. The third-order valence-electron chi connectivity index (χ3n) is 4.46. The van der Waals surface area contributed by atoms with Gasteiger partial charge in [0.15, 0.2) is 11.5 Å². The van der Waals surface area contributed by atoms with Gasteiger partial charge in [-0.15, -0.1) is 0 Å². The molecular weight excluding hydrogens is 358 g/mol. The summed E-state index contributed by atoms with van der Waals surface area (Å²) in [5.41, 5.74) is 0.624. The van der Waals surface area contributed by atoms with Crippen molar-refractivity contribution in [1.82, 2.24) is 0 Å². The lowest BCUT2D eigenvalue weighted by Crippen LogP contribution is -2.28. The van der Waals surface area contributed by atoms with Gasteiger partial charge in [0.25, 0.3) is 0 Å². The van der Waals surface area contributed by atoms with Gasteiger partial charge in [-0.3, -0.25) is 9.59 Å². The molecule has 2 aliphatic heterocycles. The molecule has 1 saturated heterocycles. The lowest BCUT2D eigenvalue weighted by molar-refractivity contribution is -0.122. The molecule has 27 heavy (non-hydrogen) atoms. The van der Waals surface area contributed by atoms with Crippen LogP contribution in [0.4, 0.5) is 20.2 Å². The van der Waals surface area contributed by atoms with E-state index >= 15 is 0 Å². The monoisotopic (exact) mass is 374 g/mol. The van der Waals surface area contributed by atoms with Crippen molar-refractivity contribution in [2.75, 3.05) is 30.0 Å². The highest BCUT2D eigenvalue weighted by Crippen LogP contribution is 2.36. The van der Waals surface area contributed by atoms with Gasteiger partial charge in [0.05, 0.1) is 5.92 Å². The van der Waals surface area contributed by atoms with Crippen LogP contribution >= 0.6 is 0 Å². The lowest BCUT2D eigenvalue weighted by Gasteiger charge is -2.22. The summed E-state index contributed by atoms with van der Waals surface area (Å²) in [5.74, 6) is -1.71. The van der Waals surface area contributed by atoms with Crippen molar-refractivity contribution in [3.63, 3.8) is 0 Å². The Morgan fingerprint density at radius 1 is 1.04 bits per heavy atom. The lowest BCUT2D eigenvalue weighted by atomic mass is 10.1. The normalized spacial score (nSPS) is 18.5. The van der Waals surface area contributed by atoms with Crippen LogP contribution < -0.4 is 19.7 Å². The number of anilines is 2. The van der Waals surface area contributed by atoms with Crippen LogP contribution in [0.15, 0.2) is 36.4 Å². The van der Waals surface area contributed by atoms with E-state index in [1.807, 2.05) is 0 Å². The molecule has 0 spiro atoms. The van der Waals surface area contributed by atoms with E-state index in [9.17, 15) is 18.4 Å². The van der Waals surface area contributed by atoms with Crippen molar-refractivity contribution < 1.29 is 27.8 Å². The van der Waals surface area contributed by atoms with Gasteiger partial charge >= 0.3 is 0 Å². The zero-order chi connectivity index (χ0) is 19.0. The number of rotatable bonds is 3. The first-order valence-corrected chi connectivity index (χ1v) is 8.46. The Morgan fingerprint density at radius 3 is 2.48 bits per heavy atom. The van der Waals surface area contributed by atoms with E-state index in [0.717, 1.165) is 18.2 Å². The molecular formula is C19H16F2N2O4. The number of carbonyl (C=O) groups excluding carboxylic acids is 2. The van der Waals surface area contributed by atoms with Crippen LogP contribution in [0.2, 0.25) is 0 Å². The van der Waals surface area contributed by atoms with E-state index in [2.05, 4.69) is 5.32 Å². The smallest absolute Gasteiger partial charge is 0.229 e. The molecule has 4 rings (SSSR count). The highest BCUT2D eigenvalue weighted by molar-refractivity contribution is 6.03. The summed E-state index contributed by atoms with van der Waals surface area (Å²) in [4.78, 5) is 26.3. The van der Waals surface area contributed by atoms with Gasteiger partial charge in [-0.2, -0.15) is 0 Å². The van der Waals surface area contributed by atoms with E-state index in [-0.39, 0.29) is 24.6 Å². The molecule has 2 heterocycles. The second-order valence-corrected chi connectivity index (χ2v) is 6.38. The van der Waals surface area contributed by atoms with Gasteiger partial charge < -0.3 is 19.7 Å². The number of ether oxygens (including phenoxy) is 2. The SMILES string of the molecule is O=C(Nc1cc(F)cc(F)c1)C1CC(=O)N(c2ccc3c(c2)OCCO3)C1. The Kier molecular flexibility index (Phi) is 4.39. The van der Waals surface area contributed by atoms with E-state index in [1.165, 1.54) is 4.90 Å². The first-order chi connectivity index (χ1) is 13.0. The standard InChI is InChI=1S/C19H16F2N2O4/c20-12-6-13(21)8-14(7-12)22-19(25)11-5-18(24)23(10-11)15-1-2-16-17(9-15)27-4-3-26-16/h1-2,6-9,11H,3-5,10H2,(H,22,25). The Hall–Kier alpha value is -3.16. The fourth-order valence-corrected chi connectivity index (χ4v) is 3.20. The molecule has 0 saturated carbocycles. The minimum absolute atomic E-state index is 0.0120. The van der Waals surface area contributed by atoms with Crippen molar-refractivity contribution in [1.29, 1.82) is 0 Å². The number of nitrogens with one attached hydrogen (secondary N) is 1. The second-order valence-electron chi connectivity index (χ2n) is 6.38. The van der Waals surface area contributed by atoms with Crippen LogP contribution in [0.5, 0.6) is 11.5 Å². The average molecular weight is 374 g/mol. The van der Waals surface area contributed by atoms with E-state index in [4.69, 9.17) is 9.47 Å². The number of halogens is 2. The minimum atomic E-state index is -0.786. The number of fused-ring (bicyclic) bond motifs is 1. The Labute approximate surface area is 153 Å². The molecule has 0 radical (unpaired) electrons. The highest BCUT2D eigenvalue weighted by Gasteiger charge is 2.35. The van der Waals surface area contributed by atoms with E-state index < -0.39 is 23.5 Å². The van der Waals surface area contributed by atoms with Gasteiger partial charge in [-0.05, 0) is 24.3 Å². The topological polar surface area (TPSA) is 67.9 Å². The summed E-state index contributed by atoms with van der Waals surface area (Å²) in [6.45, 7) is 1.07. The summed E-state index contributed by atoms with van der Waals surface area (Å²) in [7, 11) is 0. The fraction of sp³-hybridized carbons (Fsp3) is 0.263. The maximum Gasteiger partial charge on any atom is 0.229 e. The molecule has 0 bridgehead atoms. The van der Waals surface area contributed by atoms with Crippen LogP contribution in [0.1, 0.15) is 6.42 Å². The number of carbonyl (C=O) groups is 2. The van der Waals surface area contributed by atoms with Crippen molar-refractivity contribution in [3.05, 3.63) is 48.0 Å². The van der Waals surface area contributed by atoms with Crippen LogP contribution in [0.3, 0.4) is 0 Å². The molecule has 1 atom stereocenters. The summed E-state index contributed by atoms with van der Waals surface area (Å²) in [6, 6.07) is 7.92. The molecule has 1 N–H and O–H groups in total. The number of hydrogen-bond donors (Lipinski definition) is 1. The van der Waals surface area contributed by atoms with Crippen LogP contribution in [0, 0.1) is 17.6 Å². The summed E-state index contributed by atoms with van der Waals surface area (Å²) in [6.07, 6.45) is 0.0120. The van der Waals surface area contributed by atoms with Crippen LogP contribution in [-0.4, -0.2) is 31.6 Å². The average Bonchev–Trinajstić information content (AvgIpc) is 3.02. The third-order valence-corrected chi connectivity index (χ3v) is 4.46. The van der Waals surface area contributed by atoms with Crippen LogP contribution in [0.25, 0.3) is 0 Å². The molecule has 140 valence electrons.